The topological polar surface area (TPSA) is 52.6 Å². The molecule has 0 saturated carbocycles. The molecule has 0 spiro atoms. The van der Waals surface area contributed by atoms with Crippen molar-refractivity contribution in [1.82, 2.24) is 0 Å². The molecule has 0 aromatic heterocycles. The van der Waals surface area contributed by atoms with Crippen LogP contribution in [0.4, 0.5) is 0 Å². The number of hydrogen-bond acceptors (Lipinski definition) is 4. The molecule has 5 nitrogen and oxygen atoms in total. The quantitative estimate of drug-likeness (QED) is 0.0282. The zero-order valence-electron chi connectivity index (χ0n) is 33.3. The molecular formula is C42H84ClNO4. The maximum atomic E-state index is 12.9. The number of rotatable bonds is 36. The SMILES string of the molecule is CCCCCCCCCCCCCCCCCC(=O)OC(CC)(OC(=O)CCCCCCCCCCCCCCCCC)[N+](C)(C)C.[Cl-]. The van der Waals surface area contributed by atoms with Crippen molar-refractivity contribution in [3.8, 4) is 0 Å². The van der Waals surface area contributed by atoms with Gasteiger partial charge in [0.2, 0.25) is 0 Å². The van der Waals surface area contributed by atoms with E-state index in [1.165, 1.54) is 167 Å². The number of halogens is 1. The maximum absolute atomic E-state index is 12.9. The van der Waals surface area contributed by atoms with Crippen molar-refractivity contribution in [1.29, 1.82) is 0 Å². The van der Waals surface area contributed by atoms with Crippen molar-refractivity contribution in [3.63, 3.8) is 0 Å². The van der Waals surface area contributed by atoms with E-state index in [-0.39, 0.29) is 28.8 Å². The van der Waals surface area contributed by atoms with Gasteiger partial charge in [0.05, 0.1) is 27.6 Å². The monoisotopic (exact) mass is 702 g/mol. The highest BCUT2D eigenvalue weighted by Gasteiger charge is 2.50. The number of nitrogens with zero attached hydrogens (tertiary/aromatic N) is 1. The van der Waals surface area contributed by atoms with Gasteiger partial charge in [0.1, 0.15) is 0 Å². The molecule has 0 heterocycles. The van der Waals surface area contributed by atoms with E-state index in [0.717, 1.165) is 25.7 Å². The number of quaternary nitrogens is 1. The lowest BCUT2D eigenvalue weighted by molar-refractivity contribution is -0.974. The third-order valence-electron chi connectivity index (χ3n) is 9.98. The standard InChI is InChI=1S/C42H84NO4.ClH/c1-7-10-12-14-16-18-20-22-24-26-28-30-32-34-36-38-40(44)46-42(9-3,43(4,5)6)47-41(45)39-37-35-33-31-29-27-25-23-21-19-17-15-13-11-8-2;/h7-39H2,1-6H3;1H/q+1;/p-1. The highest BCUT2D eigenvalue weighted by atomic mass is 35.5. The fourth-order valence-electron chi connectivity index (χ4n) is 6.65. The summed E-state index contributed by atoms with van der Waals surface area (Å²) in [5.41, 5.74) is 0. The average molecular weight is 703 g/mol. The Morgan fingerprint density at radius 3 is 0.792 bits per heavy atom. The first kappa shape index (κ1) is 49.3. The van der Waals surface area contributed by atoms with Gasteiger partial charge in [-0.25, -0.2) is 0 Å². The van der Waals surface area contributed by atoms with Gasteiger partial charge in [-0.2, -0.15) is 0 Å². The van der Waals surface area contributed by atoms with Crippen LogP contribution < -0.4 is 12.4 Å². The number of unbranched alkanes of at least 4 members (excludes halogenated alkanes) is 28. The van der Waals surface area contributed by atoms with E-state index in [4.69, 9.17) is 9.47 Å². The molecule has 0 aliphatic rings. The zero-order chi connectivity index (χ0) is 34.9. The average Bonchev–Trinajstić information content (AvgIpc) is 3.03. The minimum atomic E-state index is -1.26. The number of esters is 2. The van der Waals surface area contributed by atoms with Crippen LogP contribution in [0.5, 0.6) is 0 Å². The molecule has 0 amide bonds. The molecular weight excluding hydrogens is 618 g/mol. The van der Waals surface area contributed by atoms with Gasteiger partial charge in [-0.1, -0.05) is 201 Å². The third kappa shape index (κ3) is 29.0. The van der Waals surface area contributed by atoms with Crippen molar-refractivity contribution in [2.45, 2.75) is 239 Å². The third-order valence-corrected chi connectivity index (χ3v) is 9.98. The van der Waals surface area contributed by atoms with Gasteiger partial charge in [-0.05, 0) is 12.8 Å². The molecule has 48 heavy (non-hydrogen) atoms. The Morgan fingerprint density at radius 1 is 0.396 bits per heavy atom. The predicted molar refractivity (Wildman–Crippen MR) is 202 cm³/mol. The van der Waals surface area contributed by atoms with E-state index >= 15 is 0 Å². The number of ether oxygens (including phenoxy) is 2. The second-order valence-electron chi connectivity index (χ2n) is 15.4. The smallest absolute Gasteiger partial charge is 0.407 e. The summed E-state index contributed by atoms with van der Waals surface area (Å²) in [6.07, 6.45) is 40.2. The normalized spacial score (nSPS) is 11.8. The molecule has 6 heteroatoms. The summed E-state index contributed by atoms with van der Waals surface area (Å²) in [6, 6.07) is 0. The van der Waals surface area contributed by atoms with Crippen LogP contribution in [0.1, 0.15) is 233 Å². The van der Waals surface area contributed by atoms with E-state index in [1.807, 2.05) is 28.1 Å². The molecule has 0 rings (SSSR count). The molecule has 0 radical (unpaired) electrons. The van der Waals surface area contributed by atoms with Crippen molar-refractivity contribution in [2.75, 3.05) is 21.1 Å². The van der Waals surface area contributed by atoms with Crippen molar-refractivity contribution in [3.05, 3.63) is 0 Å². The Bertz CT molecular complexity index is 660. The number of carbonyl (C=O) groups excluding carboxylic acids is 2. The van der Waals surface area contributed by atoms with Crippen LogP contribution in [0.15, 0.2) is 0 Å². The van der Waals surface area contributed by atoms with Gasteiger partial charge in [0, 0.05) is 12.8 Å². The second kappa shape index (κ2) is 34.6. The van der Waals surface area contributed by atoms with Crippen LogP contribution in [0.25, 0.3) is 0 Å². The summed E-state index contributed by atoms with van der Waals surface area (Å²) in [5.74, 6) is -1.78. The van der Waals surface area contributed by atoms with Crippen molar-refractivity contribution < 1.29 is 36.0 Å². The molecule has 0 aliphatic carbocycles. The van der Waals surface area contributed by atoms with E-state index in [9.17, 15) is 9.59 Å². The van der Waals surface area contributed by atoms with Crippen molar-refractivity contribution in [2.24, 2.45) is 0 Å². The summed E-state index contributed by atoms with van der Waals surface area (Å²) in [7, 11) is 5.81. The van der Waals surface area contributed by atoms with Crippen LogP contribution >= 0.6 is 0 Å². The first-order valence-corrected chi connectivity index (χ1v) is 21.0. The molecule has 0 aliphatic heterocycles. The summed E-state index contributed by atoms with van der Waals surface area (Å²) in [6.45, 7) is 6.49. The minimum Gasteiger partial charge on any atom is -1.00 e. The first-order valence-electron chi connectivity index (χ1n) is 21.0. The van der Waals surface area contributed by atoms with Gasteiger partial charge in [-0.3, -0.25) is 14.1 Å². The van der Waals surface area contributed by atoms with Crippen LogP contribution in [-0.4, -0.2) is 43.5 Å². The highest BCUT2D eigenvalue weighted by molar-refractivity contribution is 5.71. The fraction of sp³-hybridized carbons (Fsp3) is 0.952. The largest absolute Gasteiger partial charge is 1.00 e. The summed E-state index contributed by atoms with van der Waals surface area (Å²) < 4.78 is 12.2. The summed E-state index contributed by atoms with van der Waals surface area (Å²) in [4.78, 5) is 25.7. The van der Waals surface area contributed by atoms with E-state index < -0.39 is 5.91 Å². The molecule has 288 valence electrons. The van der Waals surface area contributed by atoms with E-state index in [1.54, 1.807) is 0 Å². The van der Waals surface area contributed by atoms with Crippen LogP contribution in [0.3, 0.4) is 0 Å². The fourth-order valence-corrected chi connectivity index (χ4v) is 6.65. The molecule has 0 N–H and O–H groups in total. The Morgan fingerprint density at radius 2 is 0.604 bits per heavy atom. The summed E-state index contributed by atoms with van der Waals surface area (Å²) in [5, 5.41) is 0. The van der Waals surface area contributed by atoms with Gasteiger partial charge in [-0.15, -0.1) is 0 Å². The molecule has 0 aromatic carbocycles. The van der Waals surface area contributed by atoms with Gasteiger partial charge < -0.3 is 21.9 Å². The van der Waals surface area contributed by atoms with Gasteiger partial charge in [0.15, 0.2) is 0 Å². The van der Waals surface area contributed by atoms with Gasteiger partial charge >= 0.3 is 17.8 Å². The molecule has 0 aromatic rings. The van der Waals surface area contributed by atoms with Crippen LogP contribution in [0, 0.1) is 0 Å². The van der Waals surface area contributed by atoms with Crippen LogP contribution in [-0.2, 0) is 19.1 Å². The number of hydrogen-bond donors (Lipinski definition) is 0. The number of carbonyl (C=O) groups is 2. The van der Waals surface area contributed by atoms with E-state index in [0.29, 0.717) is 19.3 Å². The van der Waals surface area contributed by atoms with Gasteiger partial charge in [0.25, 0.3) is 0 Å². The molecule has 0 unspecified atom stereocenters. The Hall–Kier alpha value is -0.810. The highest BCUT2D eigenvalue weighted by Crippen LogP contribution is 2.29. The summed E-state index contributed by atoms with van der Waals surface area (Å²) >= 11 is 0. The molecule has 0 atom stereocenters. The molecule has 0 bridgehead atoms. The van der Waals surface area contributed by atoms with Crippen LogP contribution in [0.2, 0.25) is 0 Å². The minimum absolute atomic E-state index is 0. The maximum Gasteiger partial charge on any atom is 0.407 e. The molecule has 0 fully saturated rings. The zero-order valence-corrected chi connectivity index (χ0v) is 34.0. The lowest BCUT2D eigenvalue weighted by atomic mass is 10.0. The first-order chi connectivity index (χ1) is 22.7. The Labute approximate surface area is 306 Å². The second-order valence-corrected chi connectivity index (χ2v) is 15.4. The lowest BCUT2D eigenvalue weighted by Crippen LogP contribution is -3.00. The lowest BCUT2D eigenvalue weighted by Gasteiger charge is -2.42. The predicted octanol–water partition coefficient (Wildman–Crippen LogP) is 10.4. The Balaban J connectivity index is 0. The van der Waals surface area contributed by atoms with E-state index in [2.05, 4.69) is 13.8 Å². The Kier molecular flexibility index (Phi) is 35.6. The molecule has 0 saturated heterocycles. The van der Waals surface area contributed by atoms with Crippen molar-refractivity contribution >= 4 is 11.9 Å².